The molecule has 0 atom stereocenters. The Labute approximate surface area is 295 Å². The number of rotatable bonds is 4. The van der Waals surface area contributed by atoms with Crippen molar-refractivity contribution in [2.75, 3.05) is 0 Å². The number of hydrogen-bond acceptors (Lipinski definition) is 0. The lowest BCUT2D eigenvalue weighted by atomic mass is 9.67. The fourth-order valence-electron chi connectivity index (χ4n) is 9.06. The number of H-pyrrole nitrogens is 2. The van der Waals surface area contributed by atoms with Gasteiger partial charge in [0.2, 0.25) is 0 Å². The molecule has 1 aliphatic rings. The van der Waals surface area contributed by atoms with Gasteiger partial charge in [0.15, 0.2) is 0 Å². The minimum Gasteiger partial charge on any atom is -0.354 e. The summed E-state index contributed by atoms with van der Waals surface area (Å²) in [6, 6.07) is 67.0. The number of para-hydroxylation sites is 4. The fraction of sp³-hybridized carbons (Fsp3) is 0.0204. The van der Waals surface area contributed by atoms with Crippen molar-refractivity contribution >= 4 is 43.6 Å². The zero-order valence-electron chi connectivity index (χ0n) is 27.8. The maximum atomic E-state index is 3.75. The number of fused-ring (bicyclic) bond motifs is 9. The first-order chi connectivity index (χ1) is 25.3. The second kappa shape index (κ2) is 10.7. The Morgan fingerprint density at radius 2 is 0.725 bits per heavy atom. The van der Waals surface area contributed by atoms with Gasteiger partial charge >= 0.3 is 0 Å². The van der Waals surface area contributed by atoms with Crippen molar-refractivity contribution in [3.05, 3.63) is 204 Å². The van der Waals surface area contributed by atoms with E-state index in [1.165, 1.54) is 88.2 Å². The van der Waals surface area contributed by atoms with Gasteiger partial charge < -0.3 is 9.97 Å². The Morgan fingerprint density at radius 1 is 0.314 bits per heavy atom. The Morgan fingerprint density at radius 3 is 1.20 bits per heavy atom. The first-order valence-electron chi connectivity index (χ1n) is 17.7. The van der Waals surface area contributed by atoms with Crippen molar-refractivity contribution in [2.45, 2.75) is 5.41 Å². The van der Waals surface area contributed by atoms with Crippen LogP contribution in [0.25, 0.3) is 77.0 Å². The molecule has 2 heteroatoms. The molecule has 0 amide bonds. The smallest absolute Gasteiger partial charge is 0.0713 e. The van der Waals surface area contributed by atoms with Gasteiger partial charge in [-0.2, -0.15) is 0 Å². The van der Waals surface area contributed by atoms with Crippen LogP contribution in [0.5, 0.6) is 0 Å². The fourth-order valence-corrected chi connectivity index (χ4v) is 9.06. The number of benzene rings is 8. The average molecular weight is 649 g/mol. The van der Waals surface area contributed by atoms with Crippen molar-refractivity contribution in [3.8, 4) is 33.4 Å². The monoisotopic (exact) mass is 648 g/mol. The van der Waals surface area contributed by atoms with Crippen LogP contribution >= 0.6 is 0 Å². The number of aromatic nitrogens is 2. The minimum absolute atomic E-state index is 0.468. The van der Waals surface area contributed by atoms with Gasteiger partial charge in [-0.3, -0.25) is 0 Å². The Kier molecular flexibility index (Phi) is 5.91. The van der Waals surface area contributed by atoms with Crippen LogP contribution in [0.4, 0.5) is 0 Å². The molecule has 11 rings (SSSR count). The quantitative estimate of drug-likeness (QED) is 0.190. The first-order valence-corrected chi connectivity index (χ1v) is 17.7. The van der Waals surface area contributed by atoms with Gasteiger partial charge in [0, 0.05) is 43.7 Å². The highest BCUT2D eigenvalue weighted by atomic mass is 14.7. The molecule has 1 aliphatic carbocycles. The van der Waals surface area contributed by atoms with E-state index in [1.54, 1.807) is 0 Å². The van der Waals surface area contributed by atoms with E-state index < -0.39 is 5.41 Å². The molecule has 0 bridgehead atoms. The van der Waals surface area contributed by atoms with Crippen molar-refractivity contribution in [2.24, 2.45) is 0 Å². The molecule has 0 spiro atoms. The summed E-state index contributed by atoms with van der Waals surface area (Å²) in [5.74, 6) is 0. The van der Waals surface area contributed by atoms with Crippen LogP contribution in [0.1, 0.15) is 22.3 Å². The standard InChI is InChI=1S/C49H32N2/c1-3-13-33(14-4-1)49(34-15-5-2-6-16-34)43-27-25-31(35-19-11-21-39-37-17-7-9-23-45(37)50-47(35)39)29-41(43)42-30-32(26-28-44(42)49)36-20-12-22-40-38-18-8-10-24-46(38)51-48(36)40/h1-30,50-51H. The zero-order valence-corrected chi connectivity index (χ0v) is 27.8. The van der Waals surface area contributed by atoms with Crippen LogP contribution in [0.3, 0.4) is 0 Å². The van der Waals surface area contributed by atoms with Gasteiger partial charge in [0.1, 0.15) is 0 Å². The van der Waals surface area contributed by atoms with E-state index in [1.807, 2.05) is 0 Å². The van der Waals surface area contributed by atoms with Gasteiger partial charge in [0.25, 0.3) is 0 Å². The predicted octanol–water partition coefficient (Wildman–Crippen LogP) is 12.7. The molecule has 51 heavy (non-hydrogen) atoms. The highest BCUT2D eigenvalue weighted by Crippen LogP contribution is 2.57. The highest BCUT2D eigenvalue weighted by molar-refractivity contribution is 6.13. The number of aromatic amines is 2. The average Bonchev–Trinajstić information content (AvgIpc) is 3.87. The van der Waals surface area contributed by atoms with Gasteiger partial charge in [-0.25, -0.2) is 0 Å². The third kappa shape index (κ3) is 3.93. The van der Waals surface area contributed by atoms with E-state index in [9.17, 15) is 0 Å². The van der Waals surface area contributed by atoms with Crippen LogP contribution in [0.2, 0.25) is 0 Å². The molecule has 10 aromatic rings. The molecule has 0 saturated heterocycles. The summed E-state index contributed by atoms with van der Waals surface area (Å²) in [6.07, 6.45) is 0. The first kappa shape index (κ1) is 28.2. The molecule has 2 N–H and O–H groups in total. The minimum atomic E-state index is -0.468. The summed E-state index contributed by atoms with van der Waals surface area (Å²) in [5, 5.41) is 5.01. The maximum absolute atomic E-state index is 3.75. The zero-order chi connectivity index (χ0) is 33.5. The highest BCUT2D eigenvalue weighted by Gasteiger charge is 2.46. The van der Waals surface area contributed by atoms with Crippen LogP contribution in [-0.4, -0.2) is 9.97 Å². The van der Waals surface area contributed by atoms with E-state index in [4.69, 9.17) is 0 Å². The lowest BCUT2D eigenvalue weighted by Crippen LogP contribution is -2.28. The van der Waals surface area contributed by atoms with E-state index in [0.29, 0.717) is 0 Å². The molecular formula is C49H32N2. The van der Waals surface area contributed by atoms with Crippen molar-refractivity contribution in [1.29, 1.82) is 0 Å². The predicted molar refractivity (Wildman–Crippen MR) is 213 cm³/mol. The number of hydrogen-bond donors (Lipinski definition) is 2. The van der Waals surface area contributed by atoms with Crippen molar-refractivity contribution < 1.29 is 0 Å². The topological polar surface area (TPSA) is 31.6 Å². The maximum Gasteiger partial charge on any atom is 0.0713 e. The van der Waals surface area contributed by atoms with Crippen LogP contribution in [-0.2, 0) is 5.41 Å². The second-order valence-corrected chi connectivity index (χ2v) is 13.8. The van der Waals surface area contributed by atoms with E-state index in [0.717, 1.165) is 11.0 Å². The van der Waals surface area contributed by atoms with Crippen LogP contribution in [0, 0.1) is 0 Å². The second-order valence-electron chi connectivity index (χ2n) is 13.8. The van der Waals surface area contributed by atoms with Crippen LogP contribution in [0.15, 0.2) is 182 Å². The third-order valence-corrected chi connectivity index (χ3v) is 11.3. The molecule has 0 saturated carbocycles. The van der Waals surface area contributed by atoms with E-state index in [-0.39, 0.29) is 0 Å². The molecular weight excluding hydrogens is 617 g/mol. The SMILES string of the molecule is c1ccc(C2(c3ccccc3)c3ccc(-c4cccc5c4[nH]c4ccccc45)cc3-c3cc(-c4cccc5c4[nH]c4ccccc45)ccc32)cc1. The summed E-state index contributed by atoms with van der Waals surface area (Å²) in [6.45, 7) is 0. The molecule has 238 valence electrons. The molecule has 0 unspecified atom stereocenters. The molecule has 0 radical (unpaired) electrons. The summed E-state index contributed by atoms with van der Waals surface area (Å²) in [4.78, 5) is 7.51. The molecule has 0 fully saturated rings. The van der Waals surface area contributed by atoms with E-state index >= 15 is 0 Å². The molecule has 2 heterocycles. The summed E-state index contributed by atoms with van der Waals surface area (Å²) >= 11 is 0. The Bertz CT molecular complexity index is 2760. The lowest BCUT2D eigenvalue weighted by molar-refractivity contribution is 0.768. The molecule has 2 nitrogen and oxygen atoms in total. The summed E-state index contributed by atoms with van der Waals surface area (Å²) < 4.78 is 0. The molecule has 8 aromatic carbocycles. The van der Waals surface area contributed by atoms with Crippen molar-refractivity contribution in [3.63, 3.8) is 0 Å². The van der Waals surface area contributed by atoms with Crippen molar-refractivity contribution in [1.82, 2.24) is 9.97 Å². The van der Waals surface area contributed by atoms with Gasteiger partial charge in [-0.1, -0.05) is 158 Å². The Hall–Kier alpha value is -6.64. The van der Waals surface area contributed by atoms with Gasteiger partial charge in [0.05, 0.1) is 16.4 Å². The van der Waals surface area contributed by atoms with Gasteiger partial charge in [-0.05, 0) is 68.8 Å². The largest absolute Gasteiger partial charge is 0.354 e. The lowest BCUT2D eigenvalue weighted by Gasteiger charge is -2.34. The molecule has 0 aliphatic heterocycles. The Balaban J connectivity index is 1.21. The van der Waals surface area contributed by atoms with Crippen LogP contribution < -0.4 is 0 Å². The van der Waals surface area contributed by atoms with Gasteiger partial charge in [-0.15, -0.1) is 0 Å². The normalized spacial score (nSPS) is 13.3. The molecule has 2 aromatic heterocycles. The number of nitrogens with one attached hydrogen (secondary N) is 2. The summed E-state index contributed by atoms with van der Waals surface area (Å²) in [5.41, 5.74) is 16.7. The third-order valence-electron chi connectivity index (χ3n) is 11.3. The van der Waals surface area contributed by atoms with E-state index in [2.05, 4.69) is 192 Å². The summed E-state index contributed by atoms with van der Waals surface area (Å²) in [7, 11) is 0.